The fourth-order valence-corrected chi connectivity index (χ4v) is 2.29. The zero-order chi connectivity index (χ0) is 14.3. The number of fused-ring (bicyclic) bond motifs is 1. The highest BCUT2D eigenvalue weighted by Gasteiger charge is 2.56. The van der Waals surface area contributed by atoms with Gasteiger partial charge in [0.15, 0.2) is 11.2 Å². The zero-order valence-electron chi connectivity index (χ0n) is 12.6. The maximum Gasteiger partial charge on any atom is 0.312 e. The normalized spacial score (nSPS) is 29.8. The van der Waals surface area contributed by atoms with Gasteiger partial charge in [-0.1, -0.05) is 18.3 Å². The van der Waals surface area contributed by atoms with Crippen LogP contribution < -0.4 is 0 Å². The first-order chi connectivity index (χ1) is 8.65. The van der Waals surface area contributed by atoms with Gasteiger partial charge < -0.3 is 9.47 Å². The van der Waals surface area contributed by atoms with Gasteiger partial charge in [-0.05, 0) is 53.9 Å². The molecule has 2 atom stereocenters. The largest absolute Gasteiger partial charge is 0.446 e. The molecule has 2 fully saturated rings. The highest BCUT2D eigenvalue weighted by molar-refractivity contribution is 5.76. The first kappa shape index (κ1) is 14.4. The van der Waals surface area contributed by atoms with Crippen LogP contribution in [-0.4, -0.2) is 23.3 Å². The summed E-state index contributed by atoms with van der Waals surface area (Å²) in [5.41, 5.74) is -1.49. The smallest absolute Gasteiger partial charge is 0.312 e. The van der Waals surface area contributed by atoms with Crippen molar-refractivity contribution in [2.24, 2.45) is 5.41 Å². The van der Waals surface area contributed by atoms with Gasteiger partial charge in [-0.2, -0.15) is 0 Å². The molecule has 2 aliphatic rings. The van der Waals surface area contributed by atoms with E-state index < -0.39 is 11.0 Å². The summed E-state index contributed by atoms with van der Waals surface area (Å²) in [5.74, 6) is 6.09. The Labute approximate surface area is 116 Å². The Morgan fingerprint density at radius 1 is 1.26 bits per heavy atom. The highest BCUT2D eigenvalue weighted by Crippen LogP contribution is 2.47. The number of ether oxygens (including phenoxy) is 2. The molecule has 1 aliphatic heterocycles. The Kier molecular flexibility index (Phi) is 3.43. The number of epoxide rings is 1. The van der Waals surface area contributed by atoms with Crippen molar-refractivity contribution in [1.82, 2.24) is 0 Å². The van der Waals surface area contributed by atoms with Gasteiger partial charge in [0.25, 0.3) is 0 Å². The van der Waals surface area contributed by atoms with Crippen LogP contribution in [0.15, 0.2) is 0 Å². The summed E-state index contributed by atoms with van der Waals surface area (Å²) in [5, 5.41) is 0. The maximum atomic E-state index is 11.9. The lowest BCUT2D eigenvalue weighted by molar-refractivity contribution is -0.161. The molecule has 3 nitrogen and oxygen atoms in total. The van der Waals surface area contributed by atoms with E-state index in [1.807, 2.05) is 34.6 Å². The number of hydrogen-bond acceptors (Lipinski definition) is 3. The van der Waals surface area contributed by atoms with Gasteiger partial charge in [-0.25, -0.2) is 0 Å². The number of rotatable bonds is 1. The molecule has 1 heterocycles. The second-order valence-corrected chi connectivity index (χ2v) is 7.14. The molecule has 106 valence electrons. The molecule has 1 saturated carbocycles. The van der Waals surface area contributed by atoms with Crippen molar-refractivity contribution in [2.75, 3.05) is 0 Å². The Hall–Kier alpha value is -1.01. The molecular formula is C16H24O3. The van der Waals surface area contributed by atoms with Gasteiger partial charge in [0, 0.05) is 0 Å². The van der Waals surface area contributed by atoms with Gasteiger partial charge in [0.2, 0.25) is 0 Å². The number of hydrogen-bond donors (Lipinski definition) is 0. The van der Waals surface area contributed by atoms with Crippen LogP contribution in [0.2, 0.25) is 0 Å². The SMILES string of the molecule is CC(C)(C#CC12CCCCC1O2)OC(=O)C(C)(C)C. The highest BCUT2D eigenvalue weighted by atomic mass is 16.6. The van der Waals surface area contributed by atoms with Crippen molar-refractivity contribution >= 4 is 5.97 Å². The Balaban J connectivity index is 2.00. The molecule has 2 rings (SSSR count). The third-order valence-electron chi connectivity index (χ3n) is 3.62. The van der Waals surface area contributed by atoms with E-state index >= 15 is 0 Å². The fraction of sp³-hybridized carbons (Fsp3) is 0.812. The zero-order valence-corrected chi connectivity index (χ0v) is 12.6. The number of esters is 1. The third-order valence-corrected chi connectivity index (χ3v) is 3.62. The van der Waals surface area contributed by atoms with Crippen molar-refractivity contribution in [1.29, 1.82) is 0 Å². The average Bonchev–Trinajstić information content (AvgIpc) is 2.99. The minimum atomic E-state index is -0.757. The number of carbonyl (C=O) groups is 1. The van der Waals surface area contributed by atoms with E-state index in [9.17, 15) is 4.79 Å². The van der Waals surface area contributed by atoms with Gasteiger partial charge >= 0.3 is 5.97 Å². The lowest BCUT2D eigenvalue weighted by atomic mass is 9.89. The van der Waals surface area contributed by atoms with Crippen LogP contribution in [0, 0.1) is 17.3 Å². The first-order valence-electron chi connectivity index (χ1n) is 7.10. The van der Waals surface area contributed by atoms with Crippen molar-refractivity contribution in [3.63, 3.8) is 0 Å². The topological polar surface area (TPSA) is 38.8 Å². The van der Waals surface area contributed by atoms with E-state index in [1.165, 1.54) is 12.8 Å². The van der Waals surface area contributed by atoms with Gasteiger partial charge in [0.05, 0.1) is 11.5 Å². The molecule has 1 aliphatic carbocycles. The molecule has 19 heavy (non-hydrogen) atoms. The monoisotopic (exact) mass is 264 g/mol. The third kappa shape index (κ3) is 3.30. The molecule has 0 bridgehead atoms. The van der Waals surface area contributed by atoms with E-state index in [0.717, 1.165) is 12.8 Å². The quantitative estimate of drug-likeness (QED) is 0.415. The first-order valence-corrected chi connectivity index (χ1v) is 7.10. The molecule has 1 saturated heterocycles. The molecule has 0 N–H and O–H groups in total. The van der Waals surface area contributed by atoms with Crippen molar-refractivity contribution in [2.45, 2.75) is 77.6 Å². The van der Waals surface area contributed by atoms with Crippen LogP contribution in [-0.2, 0) is 14.3 Å². The van der Waals surface area contributed by atoms with E-state index in [-0.39, 0.29) is 11.6 Å². The Morgan fingerprint density at radius 3 is 2.53 bits per heavy atom. The summed E-state index contributed by atoms with van der Waals surface area (Å²) in [6.07, 6.45) is 4.83. The molecule has 0 spiro atoms. The fourth-order valence-electron chi connectivity index (χ4n) is 2.29. The van der Waals surface area contributed by atoms with Crippen LogP contribution in [0.5, 0.6) is 0 Å². The van der Waals surface area contributed by atoms with Crippen molar-refractivity contribution in [3.8, 4) is 11.8 Å². The number of carbonyl (C=O) groups excluding carboxylic acids is 1. The lowest BCUT2D eigenvalue weighted by Crippen LogP contribution is -2.33. The summed E-state index contributed by atoms with van der Waals surface area (Å²) in [7, 11) is 0. The molecule has 2 unspecified atom stereocenters. The summed E-state index contributed by atoms with van der Waals surface area (Å²) in [6, 6.07) is 0. The molecule has 3 heteroatoms. The predicted octanol–water partition coefficient (Wildman–Crippen LogP) is 3.07. The lowest BCUT2D eigenvalue weighted by Gasteiger charge is -2.25. The van der Waals surface area contributed by atoms with Crippen LogP contribution >= 0.6 is 0 Å². The standard InChI is InChI=1S/C16H24O3/c1-14(2,3)13(17)19-15(4,5)10-11-16-9-7-6-8-12(16)18-16/h12H,6-9H2,1-5H3. The molecule has 0 aromatic rings. The van der Waals surface area contributed by atoms with E-state index in [2.05, 4.69) is 11.8 Å². The molecular weight excluding hydrogens is 240 g/mol. The van der Waals surface area contributed by atoms with Crippen LogP contribution in [0.3, 0.4) is 0 Å². The summed E-state index contributed by atoms with van der Waals surface area (Å²) in [6.45, 7) is 9.21. The second-order valence-electron chi connectivity index (χ2n) is 7.14. The van der Waals surface area contributed by atoms with Crippen LogP contribution in [0.1, 0.15) is 60.3 Å². The van der Waals surface area contributed by atoms with Gasteiger partial charge in [-0.15, -0.1) is 0 Å². The molecule has 0 aromatic heterocycles. The van der Waals surface area contributed by atoms with Crippen molar-refractivity contribution < 1.29 is 14.3 Å². The van der Waals surface area contributed by atoms with Crippen molar-refractivity contribution in [3.05, 3.63) is 0 Å². The maximum absolute atomic E-state index is 11.9. The molecule has 0 radical (unpaired) electrons. The van der Waals surface area contributed by atoms with Gasteiger partial charge in [-0.3, -0.25) is 4.79 Å². The van der Waals surface area contributed by atoms with Gasteiger partial charge in [0.1, 0.15) is 0 Å². The minimum absolute atomic E-state index is 0.221. The van der Waals surface area contributed by atoms with E-state index in [4.69, 9.17) is 9.47 Å². The summed E-state index contributed by atoms with van der Waals surface area (Å²) < 4.78 is 11.2. The average molecular weight is 264 g/mol. The molecule has 0 amide bonds. The predicted molar refractivity (Wildman–Crippen MR) is 73.5 cm³/mol. The van der Waals surface area contributed by atoms with E-state index in [0.29, 0.717) is 6.10 Å². The summed E-state index contributed by atoms with van der Waals surface area (Å²) >= 11 is 0. The minimum Gasteiger partial charge on any atom is -0.446 e. The van der Waals surface area contributed by atoms with Crippen LogP contribution in [0.4, 0.5) is 0 Å². The molecule has 0 aromatic carbocycles. The van der Waals surface area contributed by atoms with E-state index in [1.54, 1.807) is 0 Å². The second kappa shape index (κ2) is 4.52. The van der Waals surface area contributed by atoms with Crippen LogP contribution in [0.25, 0.3) is 0 Å². The Morgan fingerprint density at radius 2 is 1.95 bits per heavy atom. The Bertz CT molecular complexity index is 433. The summed E-state index contributed by atoms with van der Waals surface area (Å²) in [4.78, 5) is 11.9.